The number of phenolic OH excluding ortho intramolecular Hbond substituents is 1. The van der Waals surface area contributed by atoms with Crippen molar-refractivity contribution in [3.05, 3.63) is 91.2 Å². The highest BCUT2D eigenvalue weighted by Crippen LogP contribution is 2.40. The largest absolute Gasteiger partial charge is 0.507 e. The summed E-state index contributed by atoms with van der Waals surface area (Å²) in [7, 11) is 3.15. The van der Waals surface area contributed by atoms with Crippen molar-refractivity contribution < 1.29 is 39.4 Å². The minimum Gasteiger partial charge on any atom is -0.507 e. The van der Waals surface area contributed by atoms with Crippen LogP contribution in [0.3, 0.4) is 0 Å². The molecule has 2 aromatic heterocycles. The topological polar surface area (TPSA) is 214 Å². The first-order chi connectivity index (χ1) is 28.0. The van der Waals surface area contributed by atoms with E-state index in [2.05, 4.69) is 36.9 Å². The number of hydrogen-bond donors (Lipinski definition) is 5. The molecule has 2 aromatic carbocycles. The summed E-state index contributed by atoms with van der Waals surface area (Å²) in [5.74, 6) is 0.146. The zero-order valence-corrected chi connectivity index (χ0v) is 34.9. The number of ether oxygens (including phenoxy) is 1. The molecule has 0 spiro atoms. The van der Waals surface area contributed by atoms with E-state index < -0.39 is 17.5 Å². The molecule has 306 valence electrons. The van der Waals surface area contributed by atoms with Crippen molar-refractivity contribution in [1.82, 2.24) is 20.2 Å². The lowest BCUT2D eigenvalue weighted by atomic mass is 9.86. The third-order valence-electron chi connectivity index (χ3n) is 9.86. The molecule has 0 fully saturated rings. The molecule has 0 radical (unpaired) electrons. The monoisotopic (exact) mass is 894 g/mol. The molecule has 6 rings (SSSR count). The van der Waals surface area contributed by atoms with Crippen LogP contribution in [0, 0.1) is 0 Å². The predicted molar refractivity (Wildman–Crippen MR) is 226 cm³/mol. The van der Waals surface area contributed by atoms with Gasteiger partial charge in [0.15, 0.2) is 5.60 Å². The van der Waals surface area contributed by atoms with Crippen molar-refractivity contribution in [2.24, 2.45) is 10.3 Å². The molecule has 2 aliphatic rings. The molecular weight excluding hydrogens is 853 g/mol. The van der Waals surface area contributed by atoms with Crippen LogP contribution in [0.1, 0.15) is 66.8 Å². The Kier molecular flexibility index (Phi) is 14.5. The standard InChI is InChI=1S/C40H43BrN6O9S2/c1-2-40(53)29-20-33-36-27(22-47(33)38(51)28(29)23-55-39(40)52)26(25-8-5-6-9-31(25)45-36)21-44-56-15-7-3-4-10-35(49)42-13-16-57-58-17-14-43-37(50)32(46-54)19-24-11-12-34(48)30(41)18-24/h5-6,8-9,11-12,18,20-21,48,53-54H,2-4,7,10,13-17,19,22-23H2,1H3,(H,42,49)(H,43,50)/b44-21+,46-32-/t40-/m0/s1. The van der Waals surface area contributed by atoms with E-state index in [1.807, 2.05) is 24.3 Å². The van der Waals surface area contributed by atoms with Crippen LogP contribution in [0.25, 0.3) is 22.3 Å². The predicted octanol–water partition coefficient (Wildman–Crippen LogP) is 5.15. The van der Waals surface area contributed by atoms with E-state index in [4.69, 9.17) is 14.6 Å². The average molecular weight is 896 g/mol. The van der Waals surface area contributed by atoms with Crippen molar-refractivity contribution in [3.63, 3.8) is 0 Å². The first-order valence-corrected chi connectivity index (χ1v) is 22.1. The number of nitrogens with one attached hydrogen (secondary N) is 2. The van der Waals surface area contributed by atoms with Crippen molar-refractivity contribution in [2.45, 2.75) is 64.2 Å². The fourth-order valence-corrected chi connectivity index (χ4v) is 8.98. The molecule has 5 N–H and O–H groups in total. The lowest BCUT2D eigenvalue weighted by Crippen LogP contribution is -2.44. The number of hydrogen-bond acceptors (Lipinski definition) is 14. The Morgan fingerprint density at radius 1 is 1.07 bits per heavy atom. The Hall–Kier alpha value is -4.91. The molecule has 0 saturated carbocycles. The van der Waals surface area contributed by atoms with E-state index in [0.29, 0.717) is 77.4 Å². The Morgan fingerprint density at radius 2 is 1.84 bits per heavy atom. The van der Waals surface area contributed by atoms with E-state index in [1.165, 1.54) is 6.07 Å². The molecule has 58 heavy (non-hydrogen) atoms. The van der Waals surface area contributed by atoms with Crippen molar-refractivity contribution in [2.75, 3.05) is 31.2 Å². The van der Waals surface area contributed by atoms with Crippen molar-refractivity contribution >= 4 is 78.1 Å². The van der Waals surface area contributed by atoms with Gasteiger partial charge in [-0.25, -0.2) is 9.78 Å². The van der Waals surface area contributed by atoms with Gasteiger partial charge in [0.1, 0.15) is 24.7 Å². The normalized spacial score (nSPS) is 15.8. The van der Waals surface area contributed by atoms with Crippen LogP contribution in [0.15, 0.2) is 68.1 Å². The number of phenols is 1. The van der Waals surface area contributed by atoms with Gasteiger partial charge >= 0.3 is 5.97 Å². The number of aromatic hydroxyl groups is 1. The van der Waals surface area contributed by atoms with Crippen LogP contribution in [-0.4, -0.2) is 85.9 Å². The molecule has 0 aliphatic carbocycles. The van der Waals surface area contributed by atoms with Gasteiger partial charge in [0.2, 0.25) is 5.91 Å². The minimum absolute atomic E-state index is 0.0221. The maximum atomic E-state index is 13.6. The van der Waals surface area contributed by atoms with Gasteiger partial charge in [0.05, 0.1) is 39.7 Å². The highest BCUT2D eigenvalue weighted by atomic mass is 79.9. The summed E-state index contributed by atoms with van der Waals surface area (Å²) in [6, 6.07) is 14.1. The average Bonchev–Trinajstić information content (AvgIpc) is 3.59. The lowest BCUT2D eigenvalue weighted by molar-refractivity contribution is -0.172. The summed E-state index contributed by atoms with van der Waals surface area (Å²) in [5, 5.41) is 44.0. The quantitative estimate of drug-likeness (QED) is 0.0182. The van der Waals surface area contributed by atoms with Crippen LogP contribution in [-0.2, 0) is 49.1 Å². The Balaban J connectivity index is 0.884. The molecule has 4 aromatic rings. The number of aromatic nitrogens is 2. The van der Waals surface area contributed by atoms with Crippen LogP contribution >= 0.6 is 37.5 Å². The fourth-order valence-electron chi connectivity index (χ4n) is 6.74. The molecular formula is C40H43BrN6O9S2. The van der Waals surface area contributed by atoms with Gasteiger partial charge < -0.3 is 40.2 Å². The van der Waals surface area contributed by atoms with E-state index in [0.717, 1.165) is 22.9 Å². The third-order valence-corrected chi connectivity index (χ3v) is 12.9. The molecule has 0 unspecified atom stereocenters. The van der Waals surface area contributed by atoms with Crippen LogP contribution in [0.4, 0.5) is 0 Å². The van der Waals surface area contributed by atoms with Crippen LogP contribution in [0.5, 0.6) is 5.75 Å². The smallest absolute Gasteiger partial charge is 0.343 e. The van der Waals surface area contributed by atoms with Gasteiger partial charge in [-0.05, 0) is 71.4 Å². The fraction of sp³-hybridized carbons (Fsp3) is 0.375. The summed E-state index contributed by atoms with van der Waals surface area (Å²) in [6.45, 7) is 2.97. The molecule has 2 aliphatic heterocycles. The maximum absolute atomic E-state index is 13.6. The number of esters is 1. The number of pyridine rings is 2. The highest BCUT2D eigenvalue weighted by molar-refractivity contribution is 9.10. The number of aliphatic hydroxyl groups is 1. The minimum atomic E-state index is -1.91. The van der Waals surface area contributed by atoms with E-state index in [-0.39, 0.29) is 60.0 Å². The molecule has 18 heteroatoms. The molecule has 15 nitrogen and oxygen atoms in total. The van der Waals surface area contributed by atoms with Gasteiger partial charge in [-0.2, -0.15) is 0 Å². The number of carbonyl (C=O) groups is 3. The number of cyclic esters (lactones) is 1. The SMILES string of the molecule is CC[C@@]1(O)C(=O)OCc2c1cc1n(c2=O)Cc2c-1nc1ccccc1c2/C=N/OCCCCCC(=O)NCCSSCCNC(=O)/C(Cc1ccc(O)c(Br)c1)=N\O. The van der Waals surface area contributed by atoms with Gasteiger partial charge in [0.25, 0.3) is 11.5 Å². The van der Waals surface area contributed by atoms with E-state index >= 15 is 0 Å². The number of unbranched alkanes of at least 4 members (excludes halogenated alkanes) is 2. The van der Waals surface area contributed by atoms with Crippen LogP contribution < -0.4 is 16.2 Å². The number of rotatable bonds is 19. The number of oxime groups is 2. The highest BCUT2D eigenvalue weighted by Gasteiger charge is 2.45. The number of benzene rings is 2. The van der Waals surface area contributed by atoms with Gasteiger partial charge in [-0.15, -0.1) is 0 Å². The summed E-state index contributed by atoms with van der Waals surface area (Å²) >= 11 is 3.23. The molecule has 0 saturated heterocycles. The van der Waals surface area contributed by atoms with Crippen molar-refractivity contribution in [3.8, 4) is 17.1 Å². The number of halogens is 1. The zero-order valence-electron chi connectivity index (χ0n) is 31.7. The maximum Gasteiger partial charge on any atom is 0.343 e. The number of fused-ring (bicyclic) bond motifs is 5. The molecule has 2 amide bonds. The van der Waals surface area contributed by atoms with Gasteiger partial charge in [-0.3, -0.25) is 14.4 Å². The Bertz CT molecular complexity index is 2320. The number of nitrogens with zero attached hydrogens (tertiary/aromatic N) is 4. The Morgan fingerprint density at radius 3 is 2.60 bits per heavy atom. The van der Waals surface area contributed by atoms with E-state index in [9.17, 15) is 34.6 Å². The lowest BCUT2D eigenvalue weighted by Gasteiger charge is -2.31. The second-order valence-corrected chi connectivity index (χ2v) is 17.2. The number of para-hydroxylation sites is 1. The number of carbonyl (C=O) groups excluding carboxylic acids is 3. The zero-order chi connectivity index (χ0) is 41.2. The second kappa shape index (κ2) is 19.7. The summed E-state index contributed by atoms with van der Waals surface area (Å²) in [4.78, 5) is 61.4. The first kappa shape index (κ1) is 42.7. The number of amides is 2. The summed E-state index contributed by atoms with van der Waals surface area (Å²) in [6.07, 6.45) is 4.39. The first-order valence-electron chi connectivity index (χ1n) is 18.8. The molecule has 0 bridgehead atoms. The summed E-state index contributed by atoms with van der Waals surface area (Å²) < 4.78 is 7.27. The summed E-state index contributed by atoms with van der Waals surface area (Å²) in [5.41, 5.74) is 2.29. The van der Waals surface area contributed by atoms with E-state index in [1.54, 1.807) is 57.5 Å². The van der Waals surface area contributed by atoms with Crippen LogP contribution in [0.2, 0.25) is 0 Å². The third kappa shape index (κ3) is 9.68. The molecule has 4 heterocycles. The molecule has 1 atom stereocenters. The second-order valence-electron chi connectivity index (χ2n) is 13.6. The Labute approximate surface area is 350 Å². The van der Waals surface area contributed by atoms with Gasteiger partial charge in [-0.1, -0.05) is 63.1 Å². The van der Waals surface area contributed by atoms with Gasteiger partial charge in [0, 0.05) is 59.5 Å². The van der Waals surface area contributed by atoms with Crippen molar-refractivity contribution in [1.29, 1.82) is 0 Å².